The molecule has 0 aliphatic rings. The van der Waals surface area contributed by atoms with Crippen molar-refractivity contribution in [1.82, 2.24) is 9.36 Å². The van der Waals surface area contributed by atoms with Crippen molar-refractivity contribution in [2.24, 2.45) is 0 Å². The van der Waals surface area contributed by atoms with Gasteiger partial charge in [-0.15, -0.1) is 0 Å². The van der Waals surface area contributed by atoms with Crippen LogP contribution in [-0.4, -0.2) is 15.6 Å². The van der Waals surface area contributed by atoms with Gasteiger partial charge in [-0.3, -0.25) is 0 Å². The maximum absolute atomic E-state index is 5.53. The summed E-state index contributed by atoms with van der Waals surface area (Å²) in [5.41, 5.74) is 1.11. The monoisotopic (exact) mass is 316 g/mol. The molecule has 1 aromatic heterocycles. The molecule has 0 N–H and O–H groups in total. The van der Waals surface area contributed by atoms with E-state index in [1.54, 1.807) is 0 Å². The second kappa shape index (κ2) is 5.65. The maximum atomic E-state index is 5.53. The predicted octanol–water partition coefficient (Wildman–Crippen LogP) is 3.60. The summed E-state index contributed by atoms with van der Waals surface area (Å²) in [5.74, 6) is 0. The predicted molar refractivity (Wildman–Crippen MR) is 70.2 cm³/mol. The molecule has 0 amide bonds. The van der Waals surface area contributed by atoms with Gasteiger partial charge in [-0.2, -0.15) is 9.36 Å². The average Bonchev–Trinajstić information content (AvgIpc) is 2.76. The van der Waals surface area contributed by atoms with Gasteiger partial charge in [0.15, 0.2) is 0 Å². The standard InChI is InChI=1S/C10H9BrN2OS2/c1-15-9-12-10(16-13-9)14-6-7-2-4-8(11)5-3-7/h2-5H,6H2,1H3. The number of hydrogen-bond donors (Lipinski definition) is 0. The lowest BCUT2D eigenvalue weighted by Gasteiger charge is -2.01. The van der Waals surface area contributed by atoms with E-state index in [0.717, 1.165) is 15.2 Å². The molecule has 2 rings (SSSR count). The molecule has 0 bridgehead atoms. The Morgan fingerprint density at radius 2 is 2.12 bits per heavy atom. The molecule has 2 aromatic rings. The molecular formula is C10H9BrN2OS2. The number of nitrogens with zero attached hydrogens (tertiary/aromatic N) is 2. The Bertz CT molecular complexity index is 458. The van der Waals surface area contributed by atoms with E-state index in [2.05, 4.69) is 25.3 Å². The Hall–Kier alpha value is -0.590. The Balaban J connectivity index is 1.94. The van der Waals surface area contributed by atoms with Gasteiger partial charge in [0.25, 0.3) is 5.19 Å². The summed E-state index contributed by atoms with van der Waals surface area (Å²) in [6.07, 6.45) is 1.94. The molecule has 0 aliphatic carbocycles. The van der Waals surface area contributed by atoms with Gasteiger partial charge in [-0.25, -0.2) is 0 Å². The zero-order valence-electron chi connectivity index (χ0n) is 8.51. The first kappa shape index (κ1) is 11.9. The first-order valence-corrected chi connectivity index (χ1v) is 7.32. The molecule has 84 valence electrons. The van der Waals surface area contributed by atoms with Crippen molar-refractivity contribution in [2.45, 2.75) is 11.8 Å². The summed E-state index contributed by atoms with van der Waals surface area (Å²) in [7, 11) is 0. The largest absolute Gasteiger partial charge is 0.464 e. The molecule has 0 saturated heterocycles. The number of ether oxygens (including phenoxy) is 1. The third-order valence-corrected chi connectivity index (χ3v) is 3.67. The topological polar surface area (TPSA) is 35.0 Å². The second-order valence-corrected chi connectivity index (χ2v) is 5.37. The molecule has 0 unspecified atom stereocenters. The highest BCUT2D eigenvalue weighted by Gasteiger charge is 2.03. The highest BCUT2D eigenvalue weighted by atomic mass is 79.9. The van der Waals surface area contributed by atoms with Crippen molar-refractivity contribution in [2.75, 3.05) is 6.26 Å². The van der Waals surface area contributed by atoms with Crippen molar-refractivity contribution in [3.05, 3.63) is 34.3 Å². The number of benzene rings is 1. The molecule has 0 fully saturated rings. The van der Waals surface area contributed by atoms with Gasteiger partial charge >= 0.3 is 0 Å². The second-order valence-electron chi connectivity index (χ2n) is 2.96. The van der Waals surface area contributed by atoms with Gasteiger partial charge in [0.1, 0.15) is 6.61 Å². The van der Waals surface area contributed by atoms with Gasteiger partial charge < -0.3 is 4.74 Å². The van der Waals surface area contributed by atoms with E-state index in [9.17, 15) is 0 Å². The van der Waals surface area contributed by atoms with Gasteiger partial charge in [0, 0.05) is 16.0 Å². The molecule has 0 aliphatic heterocycles. The Morgan fingerprint density at radius 3 is 2.75 bits per heavy atom. The van der Waals surface area contributed by atoms with Gasteiger partial charge in [0.05, 0.1) is 0 Å². The zero-order valence-corrected chi connectivity index (χ0v) is 11.7. The van der Waals surface area contributed by atoms with Crippen LogP contribution in [-0.2, 0) is 6.61 Å². The minimum atomic E-state index is 0.524. The van der Waals surface area contributed by atoms with E-state index in [1.807, 2.05) is 30.5 Å². The van der Waals surface area contributed by atoms with Crippen molar-refractivity contribution in [1.29, 1.82) is 0 Å². The van der Waals surface area contributed by atoms with Crippen LogP contribution < -0.4 is 4.74 Å². The van der Waals surface area contributed by atoms with Crippen molar-refractivity contribution in [3.8, 4) is 5.19 Å². The lowest BCUT2D eigenvalue weighted by atomic mass is 10.2. The lowest BCUT2D eigenvalue weighted by molar-refractivity contribution is 0.303. The highest BCUT2D eigenvalue weighted by Crippen LogP contribution is 2.21. The number of aromatic nitrogens is 2. The Kier molecular flexibility index (Phi) is 4.20. The fraction of sp³-hybridized carbons (Fsp3) is 0.200. The maximum Gasteiger partial charge on any atom is 0.294 e. The first-order chi connectivity index (χ1) is 7.78. The van der Waals surface area contributed by atoms with Crippen LogP contribution in [0.25, 0.3) is 0 Å². The smallest absolute Gasteiger partial charge is 0.294 e. The van der Waals surface area contributed by atoms with Crippen molar-refractivity contribution in [3.63, 3.8) is 0 Å². The quantitative estimate of drug-likeness (QED) is 0.807. The number of hydrogen-bond acceptors (Lipinski definition) is 5. The fourth-order valence-corrected chi connectivity index (χ4v) is 2.41. The average molecular weight is 317 g/mol. The van der Waals surface area contributed by atoms with Crippen LogP contribution in [0.5, 0.6) is 5.19 Å². The van der Waals surface area contributed by atoms with E-state index < -0.39 is 0 Å². The summed E-state index contributed by atoms with van der Waals surface area (Å²) in [4.78, 5) is 4.20. The highest BCUT2D eigenvalue weighted by molar-refractivity contribution is 9.10. The van der Waals surface area contributed by atoms with Gasteiger partial charge in [-0.1, -0.05) is 39.8 Å². The van der Waals surface area contributed by atoms with Crippen LogP contribution in [0.15, 0.2) is 33.9 Å². The summed E-state index contributed by atoms with van der Waals surface area (Å²) < 4.78 is 10.7. The van der Waals surface area contributed by atoms with Crippen molar-refractivity contribution < 1.29 is 4.74 Å². The third-order valence-electron chi connectivity index (χ3n) is 1.85. The van der Waals surface area contributed by atoms with E-state index >= 15 is 0 Å². The van der Waals surface area contributed by atoms with Crippen LogP contribution in [0.1, 0.15) is 5.56 Å². The minimum absolute atomic E-state index is 0.524. The molecule has 0 atom stereocenters. The first-order valence-electron chi connectivity index (χ1n) is 4.53. The SMILES string of the molecule is CSc1nsc(OCc2ccc(Br)cc2)n1. The van der Waals surface area contributed by atoms with E-state index in [-0.39, 0.29) is 0 Å². The summed E-state index contributed by atoms with van der Waals surface area (Å²) in [6.45, 7) is 0.524. The molecule has 1 heterocycles. The lowest BCUT2D eigenvalue weighted by Crippen LogP contribution is -1.94. The Labute approximate surface area is 111 Å². The third kappa shape index (κ3) is 3.20. The normalized spacial score (nSPS) is 10.4. The molecule has 6 heteroatoms. The van der Waals surface area contributed by atoms with Gasteiger partial charge in [0.2, 0.25) is 5.16 Å². The molecule has 0 radical (unpaired) electrons. The fourth-order valence-electron chi connectivity index (χ4n) is 1.06. The summed E-state index contributed by atoms with van der Waals surface area (Å²) in [6, 6.07) is 8.01. The molecule has 0 saturated carbocycles. The van der Waals surface area contributed by atoms with E-state index in [1.165, 1.54) is 23.3 Å². The number of thioether (sulfide) groups is 1. The van der Waals surface area contributed by atoms with Crippen LogP contribution >= 0.6 is 39.2 Å². The van der Waals surface area contributed by atoms with Crippen LogP contribution in [0, 0.1) is 0 Å². The Morgan fingerprint density at radius 1 is 1.38 bits per heavy atom. The van der Waals surface area contributed by atoms with Crippen LogP contribution in [0.2, 0.25) is 0 Å². The van der Waals surface area contributed by atoms with Crippen LogP contribution in [0.4, 0.5) is 0 Å². The zero-order chi connectivity index (χ0) is 11.4. The van der Waals surface area contributed by atoms with E-state index in [4.69, 9.17) is 4.74 Å². The molecule has 1 aromatic carbocycles. The molecule has 16 heavy (non-hydrogen) atoms. The number of rotatable bonds is 4. The minimum Gasteiger partial charge on any atom is -0.464 e. The van der Waals surface area contributed by atoms with E-state index in [0.29, 0.717) is 11.8 Å². The summed E-state index contributed by atoms with van der Waals surface area (Å²) in [5, 5.41) is 1.38. The molecule has 3 nitrogen and oxygen atoms in total. The van der Waals surface area contributed by atoms with Crippen molar-refractivity contribution >= 4 is 39.2 Å². The van der Waals surface area contributed by atoms with Gasteiger partial charge in [-0.05, 0) is 24.0 Å². The molecular weight excluding hydrogens is 308 g/mol. The summed E-state index contributed by atoms with van der Waals surface area (Å²) >= 11 is 6.19. The van der Waals surface area contributed by atoms with Crippen LogP contribution in [0.3, 0.4) is 0 Å². The number of halogens is 1. The molecule has 0 spiro atoms.